The third kappa shape index (κ3) is 3.92. The van der Waals surface area contributed by atoms with Crippen LogP contribution in [0, 0.1) is 6.92 Å². The predicted molar refractivity (Wildman–Crippen MR) is 99.8 cm³/mol. The number of carboxylic acid groups (broad SMARTS) is 1. The number of rotatable bonds is 5. The average Bonchev–Trinajstić information content (AvgIpc) is 2.67. The highest BCUT2D eigenvalue weighted by Gasteiger charge is 2.24. The first-order valence-electron chi connectivity index (χ1n) is 8.19. The lowest BCUT2D eigenvalue weighted by Crippen LogP contribution is -2.33. The number of hydrogen-bond donors (Lipinski definition) is 2. The molecule has 1 aromatic heterocycles. The summed E-state index contributed by atoms with van der Waals surface area (Å²) in [4.78, 5) is 40.8. The van der Waals surface area contributed by atoms with E-state index in [-0.39, 0.29) is 5.69 Å². The van der Waals surface area contributed by atoms with Gasteiger partial charge in [-0.3, -0.25) is 14.2 Å². The zero-order chi connectivity index (χ0) is 19.4. The molecule has 1 atom stereocenters. The smallest absolute Gasteiger partial charge is 0.331 e. The fourth-order valence-corrected chi connectivity index (χ4v) is 2.65. The van der Waals surface area contributed by atoms with Crippen molar-refractivity contribution < 1.29 is 14.7 Å². The Bertz CT molecular complexity index is 1030. The Morgan fingerprint density at radius 3 is 2.37 bits per heavy atom. The molecule has 1 heterocycles. The van der Waals surface area contributed by atoms with E-state index in [0.717, 1.165) is 16.5 Å². The lowest BCUT2D eigenvalue weighted by Gasteiger charge is -2.17. The van der Waals surface area contributed by atoms with Gasteiger partial charge in [-0.15, -0.1) is 0 Å². The minimum absolute atomic E-state index is 0.0929. The van der Waals surface area contributed by atoms with Crippen molar-refractivity contribution in [2.75, 3.05) is 5.32 Å². The Hall–Kier alpha value is -3.74. The van der Waals surface area contributed by atoms with E-state index in [1.807, 2.05) is 6.92 Å². The van der Waals surface area contributed by atoms with Crippen LogP contribution in [0.4, 0.5) is 5.69 Å². The number of aryl methyl sites for hydroxylation is 1. The summed E-state index contributed by atoms with van der Waals surface area (Å²) in [5.74, 6) is -1.68. The van der Waals surface area contributed by atoms with Crippen LogP contribution in [0.1, 0.15) is 27.5 Å². The molecule has 0 spiro atoms. The van der Waals surface area contributed by atoms with Crippen LogP contribution in [0.5, 0.6) is 0 Å². The molecule has 7 heteroatoms. The number of aromatic nitrogens is 2. The van der Waals surface area contributed by atoms with Crippen molar-refractivity contribution in [3.8, 4) is 0 Å². The van der Waals surface area contributed by atoms with Crippen molar-refractivity contribution in [2.45, 2.75) is 13.0 Å². The third-order valence-corrected chi connectivity index (χ3v) is 4.05. The van der Waals surface area contributed by atoms with Gasteiger partial charge in [-0.05, 0) is 24.6 Å². The van der Waals surface area contributed by atoms with Crippen molar-refractivity contribution >= 4 is 17.6 Å². The molecular weight excluding hydrogens is 346 g/mol. The molecule has 136 valence electrons. The number of carboxylic acids is 1. The maximum atomic E-state index is 12.8. The second-order valence-corrected chi connectivity index (χ2v) is 5.99. The Kier molecular flexibility index (Phi) is 5.12. The van der Waals surface area contributed by atoms with Crippen LogP contribution in [-0.2, 0) is 4.79 Å². The van der Waals surface area contributed by atoms with E-state index in [9.17, 15) is 19.5 Å². The molecule has 0 saturated heterocycles. The standard InChI is InChI=1S/C20H17N3O4/c1-13-7-9-14(10-8-13)17(20(26)27)23-12-21-11-16(19(23)25)22-18(24)15-5-3-2-4-6-15/h2-12,17H,1H3,(H,22,24)(H,26,27). The molecule has 0 bridgehead atoms. The van der Waals surface area contributed by atoms with E-state index in [1.54, 1.807) is 54.6 Å². The quantitative estimate of drug-likeness (QED) is 0.725. The Balaban J connectivity index is 1.98. The number of aliphatic carboxylic acids is 1. The molecule has 1 unspecified atom stereocenters. The van der Waals surface area contributed by atoms with E-state index in [2.05, 4.69) is 10.3 Å². The van der Waals surface area contributed by atoms with Gasteiger partial charge in [0.05, 0.1) is 12.5 Å². The van der Waals surface area contributed by atoms with Gasteiger partial charge in [0.25, 0.3) is 11.5 Å². The van der Waals surface area contributed by atoms with Crippen molar-refractivity contribution in [3.05, 3.63) is 94.2 Å². The van der Waals surface area contributed by atoms with E-state index < -0.39 is 23.5 Å². The van der Waals surface area contributed by atoms with Crippen LogP contribution >= 0.6 is 0 Å². The first kappa shape index (κ1) is 18.1. The monoisotopic (exact) mass is 363 g/mol. The van der Waals surface area contributed by atoms with Crippen LogP contribution in [0.2, 0.25) is 0 Å². The maximum Gasteiger partial charge on any atom is 0.331 e. The van der Waals surface area contributed by atoms with E-state index >= 15 is 0 Å². The molecule has 0 aliphatic rings. The number of hydrogen-bond acceptors (Lipinski definition) is 4. The van der Waals surface area contributed by atoms with E-state index in [4.69, 9.17) is 0 Å². The highest BCUT2D eigenvalue weighted by Crippen LogP contribution is 2.18. The van der Waals surface area contributed by atoms with Gasteiger partial charge < -0.3 is 10.4 Å². The van der Waals surface area contributed by atoms with Crippen LogP contribution in [0.3, 0.4) is 0 Å². The van der Waals surface area contributed by atoms with Gasteiger partial charge in [0.1, 0.15) is 5.69 Å². The third-order valence-electron chi connectivity index (χ3n) is 4.05. The summed E-state index contributed by atoms with van der Waals surface area (Å²) in [5.41, 5.74) is 1.04. The van der Waals surface area contributed by atoms with Gasteiger partial charge in [0.2, 0.25) is 0 Å². The molecule has 1 amide bonds. The van der Waals surface area contributed by atoms with Crippen molar-refractivity contribution in [1.82, 2.24) is 9.55 Å². The van der Waals surface area contributed by atoms with Gasteiger partial charge in [-0.1, -0.05) is 48.0 Å². The molecule has 0 fully saturated rings. The van der Waals surface area contributed by atoms with Crippen LogP contribution in [0.25, 0.3) is 0 Å². The van der Waals surface area contributed by atoms with Gasteiger partial charge in [0.15, 0.2) is 6.04 Å². The molecule has 0 aliphatic carbocycles. The zero-order valence-electron chi connectivity index (χ0n) is 14.5. The number of amides is 1. The fraction of sp³-hybridized carbons (Fsp3) is 0.100. The highest BCUT2D eigenvalue weighted by molar-refractivity contribution is 6.04. The van der Waals surface area contributed by atoms with Gasteiger partial charge in [0, 0.05) is 5.56 Å². The molecule has 27 heavy (non-hydrogen) atoms. The Morgan fingerprint density at radius 1 is 1.07 bits per heavy atom. The summed E-state index contributed by atoms with van der Waals surface area (Å²) >= 11 is 0. The van der Waals surface area contributed by atoms with Crippen LogP contribution in [0.15, 0.2) is 71.9 Å². The second kappa shape index (κ2) is 7.65. The van der Waals surface area contributed by atoms with Crippen molar-refractivity contribution in [3.63, 3.8) is 0 Å². The molecule has 7 nitrogen and oxygen atoms in total. The highest BCUT2D eigenvalue weighted by atomic mass is 16.4. The van der Waals surface area contributed by atoms with Gasteiger partial charge >= 0.3 is 5.97 Å². The molecule has 0 aliphatic heterocycles. The average molecular weight is 363 g/mol. The summed E-state index contributed by atoms with van der Waals surface area (Å²) in [6, 6.07) is 14.0. The van der Waals surface area contributed by atoms with Crippen LogP contribution < -0.4 is 10.9 Å². The lowest BCUT2D eigenvalue weighted by molar-refractivity contribution is -0.139. The minimum Gasteiger partial charge on any atom is -0.479 e. The van der Waals surface area contributed by atoms with Crippen molar-refractivity contribution in [1.29, 1.82) is 0 Å². The molecule has 3 rings (SSSR count). The van der Waals surface area contributed by atoms with Crippen molar-refractivity contribution in [2.24, 2.45) is 0 Å². The zero-order valence-corrected chi connectivity index (χ0v) is 14.5. The second-order valence-electron chi connectivity index (χ2n) is 5.99. The summed E-state index contributed by atoms with van der Waals surface area (Å²) in [7, 11) is 0. The van der Waals surface area contributed by atoms with Crippen LogP contribution in [-0.4, -0.2) is 26.5 Å². The maximum absolute atomic E-state index is 12.8. The fourth-order valence-electron chi connectivity index (χ4n) is 2.65. The number of nitrogens with zero attached hydrogens (tertiary/aromatic N) is 2. The summed E-state index contributed by atoms with van der Waals surface area (Å²) in [6.45, 7) is 1.88. The number of carbonyl (C=O) groups is 2. The number of benzene rings is 2. The van der Waals surface area contributed by atoms with Gasteiger partial charge in [-0.25, -0.2) is 9.78 Å². The molecule has 3 aromatic rings. The number of carbonyl (C=O) groups excluding carboxylic acids is 1. The minimum atomic E-state index is -1.25. The molecule has 0 saturated carbocycles. The first-order chi connectivity index (χ1) is 13.0. The predicted octanol–water partition coefficient (Wildman–Crippen LogP) is 2.48. The number of nitrogens with one attached hydrogen (secondary N) is 1. The largest absolute Gasteiger partial charge is 0.479 e. The normalized spacial score (nSPS) is 11.6. The van der Waals surface area contributed by atoms with E-state index in [0.29, 0.717) is 11.1 Å². The number of anilines is 1. The topological polar surface area (TPSA) is 101 Å². The SMILES string of the molecule is Cc1ccc(C(C(=O)O)n2cncc(NC(=O)c3ccccc3)c2=O)cc1. The Labute approximate surface area is 154 Å². The molecule has 2 N–H and O–H groups in total. The van der Waals surface area contributed by atoms with Gasteiger partial charge in [-0.2, -0.15) is 0 Å². The molecule has 0 radical (unpaired) electrons. The molecule has 2 aromatic carbocycles. The lowest BCUT2D eigenvalue weighted by atomic mass is 10.1. The Morgan fingerprint density at radius 2 is 1.74 bits per heavy atom. The molecular formula is C20H17N3O4. The summed E-state index contributed by atoms with van der Waals surface area (Å²) in [6.07, 6.45) is 2.35. The summed E-state index contributed by atoms with van der Waals surface area (Å²) in [5, 5.41) is 12.1. The van der Waals surface area contributed by atoms with E-state index in [1.165, 1.54) is 6.20 Å². The summed E-state index contributed by atoms with van der Waals surface area (Å²) < 4.78 is 0.994. The first-order valence-corrected chi connectivity index (χ1v) is 8.19.